The van der Waals surface area contributed by atoms with E-state index in [9.17, 15) is 14.4 Å². The van der Waals surface area contributed by atoms with Crippen LogP contribution in [-0.2, 0) is 7.05 Å². The summed E-state index contributed by atoms with van der Waals surface area (Å²) in [6.45, 7) is 0.422. The molecule has 0 spiro atoms. The third kappa shape index (κ3) is 3.98. The predicted octanol–water partition coefficient (Wildman–Crippen LogP) is -0.506. The number of nitrogens with zero attached hydrogens (tertiary/aromatic N) is 5. The molecule has 3 aromatic rings. The highest BCUT2D eigenvalue weighted by molar-refractivity contribution is 6.07. The molecule has 0 bridgehead atoms. The average Bonchev–Trinajstić information content (AvgIpc) is 3.21. The number of nitrogens with two attached hydrogens (primary N) is 1. The van der Waals surface area contributed by atoms with Gasteiger partial charge < -0.3 is 26.8 Å². The van der Waals surface area contributed by atoms with Crippen molar-refractivity contribution in [2.45, 2.75) is 0 Å². The summed E-state index contributed by atoms with van der Waals surface area (Å²) in [5.41, 5.74) is 6.16. The maximum Gasteiger partial charge on any atom is 0.404 e. The Kier molecular flexibility index (Phi) is 5.06. The first-order valence-corrected chi connectivity index (χ1v) is 8.05. The highest BCUT2D eigenvalue weighted by atomic mass is 16.4. The quantitative estimate of drug-likeness (QED) is 0.336. The fourth-order valence-electron chi connectivity index (χ4n) is 2.45. The van der Waals surface area contributed by atoms with E-state index in [1.165, 1.54) is 21.6 Å². The summed E-state index contributed by atoms with van der Waals surface area (Å²) in [6, 6.07) is 3.21. The summed E-state index contributed by atoms with van der Waals surface area (Å²) < 4.78 is 2.73. The van der Waals surface area contributed by atoms with Gasteiger partial charge in [0, 0.05) is 26.3 Å². The first kappa shape index (κ1) is 18.6. The molecular weight excluding hydrogens is 370 g/mol. The molecule has 13 nitrogen and oxygen atoms in total. The summed E-state index contributed by atoms with van der Waals surface area (Å²) in [7, 11) is 1.60. The van der Waals surface area contributed by atoms with Gasteiger partial charge in [0.2, 0.25) is 5.95 Å². The van der Waals surface area contributed by atoms with Crippen LogP contribution in [0.15, 0.2) is 24.5 Å². The zero-order valence-corrected chi connectivity index (χ0v) is 14.7. The highest BCUT2D eigenvalue weighted by Gasteiger charge is 2.19. The lowest BCUT2D eigenvalue weighted by Gasteiger charge is -2.07. The smallest absolute Gasteiger partial charge is 0.404 e. The van der Waals surface area contributed by atoms with Crippen molar-refractivity contribution in [3.63, 3.8) is 0 Å². The van der Waals surface area contributed by atoms with Crippen molar-refractivity contribution in [2.75, 3.05) is 23.7 Å². The molecule has 0 saturated heterocycles. The molecule has 0 fully saturated rings. The van der Waals surface area contributed by atoms with Crippen molar-refractivity contribution in [3.8, 4) is 0 Å². The van der Waals surface area contributed by atoms with E-state index in [4.69, 9.17) is 10.8 Å². The number of carbonyl (C=O) groups is 3. The van der Waals surface area contributed by atoms with E-state index in [-0.39, 0.29) is 36.1 Å². The Morgan fingerprint density at radius 1 is 1.21 bits per heavy atom. The molecule has 28 heavy (non-hydrogen) atoms. The molecule has 0 aliphatic rings. The van der Waals surface area contributed by atoms with E-state index in [1.54, 1.807) is 19.2 Å². The number of hydrogen-bond donors (Lipinski definition) is 5. The van der Waals surface area contributed by atoms with Crippen LogP contribution in [0.1, 0.15) is 21.0 Å². The SMILES string of the molecule is Cn1cc(NC(=O)c2ccc3cnc(NCCNC(=O)O)nn23)c(C(N)=O)n1. The summed E-state index contributed by atoms with van der Waals surface area (Å²) in [5.74, 6) is -1.07. The molecular formula is C15H17N9O4. The molecule has 0 atom stereocenters. The molecule has 0 radical (unpaired) electrons. The Hall–Kier alpha value is -4.16. The van der Waals surface area contributed by atoms with Crippen LogP contribution in [0, 0.1) is 0 Å². The average molecular weight is 387 g/mol. The van der Waals surface area contributed by atoms with Crippen LogP contribution in [0.25, 0.3) is 5.52 Å². The topological polar surface area (TPSA) is 182 Å². The third-order valence-electron chi connectivity index (χ3n) is 3.63. The van der Waals surface area contributed by atoms with E-state index >= 15 is 0 Å². The molecule has 6 N–H and O–H groups in total. The van der Waals surface area contributed by atoms with Crippen molar-refractivity contribution >= 4 is 35.1 Å². The van der Waals surface area contributed by atoms with Gasteiger partial charge in [0.1, 0.15) is 5.69 Å². The molecule has 146 valence electrons. The minimum Gasteiger partial charge on any atom is -0.465 e. The number of carbonyl (C=O) groups excluding carboxylic acids is 2. The van der Waals surface area contributed by atoms with Gasteiger partial charge in [-0.3, -0.25) is 14.3 Å². The van der Waals surface area contributed by atoms with Gasteiger partial charge in [-0.15, -0.1) is 5.10 Å². The monoisotopic (exact) mass is 387 g/mol. The number of primary amides is 1. The van der Waals surface area contributed by atoms with Gasteiger partial charge >= 0.3 is 6.09 Å². The van der Waals surface area contributed by atoms with Crippen LogP contribution in [0.3, 0.4) is 0 Å². The van der Waals surface area contributed by atoms with Crippen molar-refractivity contribution in [2.24, 2.45) is 12.8 Å². The number of fused-ring (bicyclic) bond motifs is 1. The van der Waals surface area contributed by atoms with Crippen LogP contribution >= 0.6 is 0 Å². The van der Waals surface area contributed by atoms with Crippen LogP contribution in [0.4, 0.5) is 16.4 Å². The maximum atomic E-state index is 12.6. The second-order valence-corrected chi connectivity index (χ2v) is 5.68. The molecule has 0 aliphatic heterocycles. The molecule has 3 aromatic heterocycles. The van der Waals surface area contributed by atoms with E-state index in [1.807, 2.05) is 0 Å². The number of carboxylic acid groups (broad SMARTS) is 1. The standard InChI is InChI=1S/C15H17N9O4/c1-23-7-9(11(21-23)12(16)25)20-13(26)10-3-2-8-6-19-14(22-24(8)10)17-4-5-18-15(27)28/h2-3,6-7,18H,4-5H2,1H3,(H2,16,25)(H,17,22)(H,20,26)(H,27,28). The molecule has 0 saturated carbocycles. The third-order valence-corrected chi connectivity index (χ3v) is 3.63. The summed E-state index contributed by atoms with van der Waals surface area (Å²) in [6.07, 6.45) is 1.84. The first-order valence-electron chi connectivity index (χ1n) is 8.05. The zero-order chi connectivity index (χ0) is 20.3. The van der Waals surface area contributed by atoms with Crippen molar-refractivity contribution < 1.29 is 19.5 Å². The van der Waals surface area contributed by atoms with Gasteiger partial charge in [-0.05, 0) is 12.1 Å². The Balaban J connectivity index is 1.79. The number of hydrogen-bond acceptors (Lipinski definition) is 7. The number of nitrogens with one attached hydrogen (secondary N) is 3. The fraction of sp³-hybridized carbons (Fsp3) is 0.200. The lowest BCUT2D eigenvalue weighted by molar-refractivity contribution is 0.0995. The Morgan fingerprint density at radius 3 is 2.71 bits per heavy atom. The highest BCUT2D eigenvalue weighted by Crippen LogP contribution is 2.16. The van der Waals surface area contributed by atoms with Crippen molar-refractivity contribution in [1.29, 1.82) is 0 Å². The van der Waals surface area contributed by atoms with Crippen LogP contribution < -0.4 is 21.7 Å². The summed E-state index contributed by atoms with van der Waals surface area (Å²) in [4.78, 5) is 38.6. The zero-order valence-electron chi connectivity index (χ0n) is 14.7. The van der Waals surface area contributed by atoms with Gasteiger partial charge in [-0.2, -0.15) is 5.10 Å². The van der Waals surface area contributed by atoms with E-state index in [2.05, 4.69) is 31.1 Å². The van der Waals surface area contributed by atoms with Gasteiger partial charge in [-0.1, -0.05) is 0 Å². The fourth-order valence-corrected chi connectivity index (χ4v) is 2.45. The van der Waals surface area contributed by atoms with E-state index < -0.39 is 17.9 Å². The van der Waals surface area contributed by atoms with Crippen LogP contribution in [-0.4, -0.2) is 60.5 Å². The molecule has 0 unspecified atom stereocenters. The van der Waals surface area contributed by atoms with Gasteiger partial charge in [0.25, 0.3) is 11.8 Å². The maximum absolute atomic E-state index is 12.6. The minimum atomic E-state index is -1.13. The molecule has 3 amide bonds. The molecule has 13 heteroatoms. The Morgan fingerprint density at radius 2 is 2.00 bits per heavy atom. The van der Waals surface area contributed by atoms with Crippen molar-refractivity contribution in [1.82, 2.24) is 29.7 Å². The van der Waals surface area contributed by atoms with Gasteiger partial charge in [0.05, 0.1) is 17.4 Å². The van der Waals surface area contributed by atoms with Gasteiger partial charge in [0.15, 0.2) is 5.69 Å². The van der Waals surface area contributed by atoms with Crippen molar-refractivity contribution in [3.05, 3.63) is 35.9 Å². The number of aryl methyl sites for hydroxylation is 1. The summed E-state index contributed by atoms with van der Waals surface area (Å²) >= 11 is 0. The first-order chi connectivity index (χ1) is 13.3. The molecule has 3 rings (SSSR count). The summed E-state index contributed by atoms with van der Waals surface area (Å²) in [5, 5.41) is 24.3. The van der Waals surface area contributed by atoms with E-state index in [0.717, 1.165) is 0 Å². The molecule has 0 aliphatic carbocycles. The molecule has 3 heterocycles. The second kappa shape index (κ2) is 7.61. The number of rotatable bonds is 7. The Bertz CT molecular complexity index is 1060. The van der Waals surface area contributed by atoms with Crippen LogP contribution in [0.2, 0.25) is 0 Å². The second-order valence-electron chi connectivity index (χ2n) is 5.68. The molecule has 0 aromatic carbocycles. The predicted molar refractivity (Wildman–Crippen MR) is 97.2 cm³/mol. The number of anilines is 2. The van der Waals surface area contributed by atoms with Gasteiger partial charge in [-0.25, -0.2) is 14.3 Å². The largest absolute Gasteiger partial charge is 0.465 e. The number of amides is 3. The number of aromatic nitrogens is 5. The lowest BCUT2D eigenvalue weighted by atomic mass is 10.3. The normalized spacial score (nSPS) is 10.6. The minimum absolute atomic E-state index is 0.0559. The Labute approximate surface area is 157 Å². The van der Waals surface area contributed by atoms with Crippen LogP contribution in [0.5, 0.6) is 0 Å². The lowest BCUT2D eigenvalue weighted by Crippen LogP contribution is -2.27. The van der Waals surface area contributed by atoms with E-state index in [0.29, 0.717) is 5.52 Å².